The Morgan fingerprint density at radius 3 is 2.50 bits per heavy atom. The summed E-state index contributed by atoms with van der Waals surface area (Å²) in [6, 6.07) is 0.428. The van der Waals surface area contributed by atoms with Crippen molar-refractivity contribution in [3.05, 3.63) is 0 Å². The number of carbonyl (C=O) groups excluding carboxylic acids is 2. The molecule has 0 aromatic rings. The molecule has 0 aromatic carbocycles. The minimum Gasteiger partial charge on any atom is -0.356 e. The standard InChI is InChI=1S/C11H21N3O2/c1-12-8-6-10(15)13-7-2-3-11(16)14-9-4-5-9/h9,12H,2-8H2,1H3,(H,13,15)(H,14,16). The van der Waals surface area contributed by atoms with E-state index in [1.165, 1.54) is 0 Å². The molecule has 1 aliphatic rings. The molecule has 1 fully saturated rings. The molecule has 16 heavy (non-hydrogen) atoms. The second-order valence-corrected chi connectivity index (χ2v) is 4.15. The van der Waals surface area contributed by atoms with E-state index >= 15 is 0 Å². The molecular weight excluding hydrogens is 206 g/mol. The molecule has 1 aliphatic carbocycles. The number of rotatable bonds is 8. The zero-order chi connectivity index (χ0) is 11.8. The van der Waals surface area contributed by atoms with Gasteiger partial charge in [-0.1, -0.05) is 0 Å². The number of nitrogens with one attached hydrogen (secondary N) is 3. The largest absolute Gasteiger partial charge is 0.356 e. The smallest absolute Gasteiger partial charge is 0.221 e. The molecule has 92 valence electrons. The van der Waals surface area contributed by atoms with E-state index in [0.29, 0.717) is 38.4 Å². The first-order valence-electron chi connectivity index (χ1n) is 5.93. The molecule has 2 amide bonds. The Morgan fingerprint density at radius 1 is 1.12 bits per heavy atom. The predicted octanol–water partition coefficient (Wildman–Crippen LogP) is -0.229. The van der Waals surface area contributed by atoms with Gasteiger partial charge in [0, 0.05) is 32.0 Å². The lowest BCUT2D eigenvalue weighted by Gasteiger charge is -2.05. The summed E-state index contributed by atoms with van der Waals surface area (Å²) in [6.45, 7) is 1.27. The molecule has 5 nitrogen and oxygen atoms in total. The van der Waals surface area contributed by atoms with Crippen LogP contribution in [0.3, 0.4) is 0 Å². The molecule has 0 spiro atoms. The third-order valence-corrected chi connectivity index (χ3v) is 2.45. The van der Waals surface area contributed by atoms with Gasteiger partial charge in [-0.15, -0.1) is 0 Å². The van der Waals surface area contributed by atoms with Crippen LogP contribution in [0, 0.1) is 0 Å². The molecule has 0 saturated heterocycles. The van der Waals surface area contributed by atoms with Crippen molar-refractivity contribution in [1.29, 1.82) is 0 Å². The maximum Gasteiger partial charge on any atom is 0.221 e. The molecule has 1 rings (SSSR count). The highest BCUT2D eigenvalue weighted by molar-refractivity contribution is 5.77. The molecule has 0 bridgehead atoms. The molecular formula is C11H21N3O2. The van der Waals surface area contributed by atoms with Gasteiger partial charge < -0.3 is 16.0 Å². The van der Waals surface area contributed by atoms with Crippen molar-refractivity contribution >= 4 is 11.8 Å². The van der Waals surface area contributed by atoms with Gasteiger partial charge in [0.1, 0.15) is 0 Å². The number of carbonyl (C=O) groups is 2. The molecule has 0 heterocycles. The van der Waals surface area contributed by atoms with Crippen molar-refractivity contribution < 1.29 is 9.59 Å². The van der Waals surface area contributed by atoms with Crippen LogP contribution in [0.1, 0.15) is 32.1 Å². The lowest BCUT2D eigenvalue weighted by atomic mass is 10.3. The van der Waals surface area contributed by atoms with Gasteiger partial charge in [-0.25, -0.2) is 0 Å². The fourth-order valence-corrected chi connectivity index (χ4v) is 1.33. The zero-order valence-electron chi connectivity index (χ0n) is 9.84. The fraction of sp³-hybridized carbons (Fsp3) is 0.818. The zero-order valence-corrected chi connectivity index (χ0v) is 9.84. The van der Waals surface area contributed by atoms with Crippen molar-refractivity contribution in [2.24, 2.45) is 0 Å². The van der Waals surface area contributed by atoms with Gasteiger partial charge in [-0.3, -0.25) is 9.59 Å². The van der Waals surface area contributed by atoms with Gasteiger partial charge in [0.25, 0.3) is 0 Å². The molecule has 0 atom stereocenters. The van der Waals surface area contributed by atoms with Crippen molar-refractivity contribution in [2.45, 2.75) is 38.1 Å². The first-order chi connectivity index (χ1) is 7.72. The highest BCUT2D eigenvalue weighted by Crippen LogP contribution is 2.18. The van der Waals surface area contributed by atoms with Crippen LogP contribution in [0.2, 0.25) is 0 Å². The van der Waals surface area contributed by atoms with E-state index in [2.05, 4.69) is 16.0 Å². The number of hydrogen-bond donors (Lipinski definition) is 3. The summed E-state index contributed by atoms with van der Waals surface area (Å²) in [5.74, 6) is 0.143. The first kappa shape index (κ1) is 13.0. The van der Waals surface area contributed by atoms with E-state index in [1.807, 2.05) is 7.05 Å². The van der Waals surface area contributed by atoms with Crippen LogP contribution < -0.4 is 16.0 Å². The first-order valence-corrected chi connectivity index (χ1v) is 5.93. The average Bonchev–Trinajstić information content (AvgIpc) is 3.05. The van der Waals surface area contributed by atoms with Crippen LogP contribution in [0.25, 0.3) is 0 Å². The lowest BCUT2D eigenvalue weighted by Crippen LogP contribution is -2.29. The number of amides is 2. The van der Waals surface area contributed by atoms with Crippen LogP contribution in [-0.2, 0) is 9.59 Å². The predicted molar refractivity (Wildman–Crippen MR) is 62.0 cm³/mol. The normalized spacial score (nSPS) is 14.6. The summed E-state index contributed by atoms with van der Waals surface area (Å²) in [6.07, 6.45) is 3.94. The topological polar surface area (TPSA) is 70.2 Å². The van der Waals surface area contributed by atoms with Crippen molar-refractivity contribution in [1.82, 2.24) is 16.0 Å². The monoisotopic (exact) mass is 227 g/mol. The van der Waals surface area contributed by atoms with E-state index in [9.17, 15) is 9.59 Å². The summed E-state index contributed by atoms with van der Waals surface area (Å²) >= 11 is 0. The van der Waals surface area contributed by atoms with Crippen LogP contribution in [-0.4, -0.2) is 38.0 Å². The SMILES string of the molecule is CNCCC(=O)NCCCC(=O)NC1CC1. The summed E-state index contributed by atoms with van der Waals surface area (Å²) in [4.78, 5) is 22.5. The van der Waals surface area contributed by atoms with Gasteiger partial charge >= 0.3 is 0 Å². The van der Waals surface area contributed by atoms with E-state index in [4.69, 9.17) is 0 Å². The maximum atomic E-state index is 11.3. The molecule has 3 N–H and O–H groups in total. The maximum absolute atomic E-state index is 11.3. The quantitative estimate of drug-likeness (QED) is 0.502. The van der Waals surface area contributed by atoms with Crippen LogP contribution >= 0.6 is 0 Å². The molecule has 0 aliphatic heterocycles. The minimum atomic E-state index is 0.0388. The Kier molecular flexibility index (Phi) is 5.85. The second-order valence-electron chi connectivity index (χ2n) is 4.15. The van der Waals surface area contributed by atoms with Gasteiger partial charge in [0.2, 0.25) is 11.8 Å². The molecule has 0 aromatic heterocycles. The molecule has 0 unspecified atom stereocenters. The minimum absolute atomic E-state index is 0.0388. The lowest BCUT2D eigenvalue weighted by molar-refractivity contribution is -0.123. The fourth-order valence-electron chi connectivity index (χ4n) is 1.33. The highest BCUT2D eigenvalue weighted by atomic mass is 16.2. The van der Waals surface area contributed by atoms with Crippen LogP contribution in [0.5, 0.6) is 0 Å². The van der Waals surface area contributed by atoms with E-state index in [1.54, 1.807) is 0 Å². The average molecular weight is 227 g/mol. The van der Waals surface area contributed by atoms with Crippen molar-refractivity contribution in [3.8, 4) is 0 Å². The van der Waals surface area contributed by atoms with Gasteiger partial charge in [-0.05, 0) is 26.3 Å². The van der Waals surface area contributed by atoms with Crippen molar-refractivity contribution in [2.75, 3.05) is 20.1 Å². The summed E-state index contributed by atoms with van der Waals surface area (Å²) < 4.78 is 0. The van der Waals surface area contributed by atoms with Crippen molar-refractivity contribution in [3.63, 3.8) is 0 Å². The van der Waals surface area contributed by atoms with Gasteiger partial charge in [-0.2, -0.15) is 0 Å². The van der Waals surface area contributed by atoms with Gasteiger partial charge in [0.15, 0.2) is 0 Å². The Balaban J connectivity index is 1.89. The van der Waals surface area contributed by atoms with E-state index in [0.717, 1.165) is 12.8 Å². The molecule has 1 saturated carbocycles. The van der Waals surface area contributed by atoms with E-state index < -0.39 is 0 Å². The second kappa shape index (κ2) is 7.22. The van der Waals surface area contributed by atoms with Crippen LogP contribution in [0.15, 0.2) is 0 Å². The summed E-state index contributed by atoms with van der Waals surface area (Å²) in [7, 11) is 1.81. The Bertz CT molecular complexity index is 239. The summed E-state index contributed by atoms with van der Waals surface area (Å²) in [5, 5.41) is 8.61. The third-order valence-electron chi connectivity index (χ3n) is 2.45. The third kappa shape index (κ3) is 6.40. The number of hydrogen-bond acceptors (Lipinski definition) is 3. The molecule has 0 radical (unpaired) electrons. The van der Waals surface area contributed by atoms with Gasteiger partial charge in [0.05, 0.1) is 0 Å². The Labute approximate surface area is 96.4 Å². The Hall–Kier alpha value is -1.10. The highest BCUT2D eigenvalue weighted by Gasteiger charge is 2.22. The van der Waals surface area contributed by atoms with Crippen LogP contribution in [0.4, 0.5) is 0 Å². The van der Waals surface area contributed by atoms with E-state index in [-0.39, 0.29) is 11.8 Å². The summed E-state index contributed by atoms with van der Waals surface area (Å²) in [5.41, 5.74) is 0. The molecule has 5 heteroatoms. The Morgan fingerprint density at radius 2 is 1.88 bits per heavy atom.